The van der Waals surface area contributed by atoms with Gasteiger partial charge in [-0.3, -0.25) is 0 Å². The van der Waals surface area contributed by atoms with Crippen LogP contribution in [0.1, 0.15) is 30.4 Å². The Morgan fingerprint density at radius 3 is 3.00 bits per heavy atom. The van der Waals surface area contributed by atoms with E-state index < -0.39 is 0 Å². The van der Waals surface area contributed by atoms with Gasteiger partial charge in [0.2, 0.25) is 0 Å². The van der Waals surface area contributed by atoms with Crippen LogP contribution in [0.5, 0.6) is 0 Å². The summed E-state index contributed by atoms with van der Waals surface area (Å²) in [5, 5.41) is 3.34. The van der Waals surface area contributed by atoms with E-state index in [4.69, 9.17) is 14.5 Å². The Hall–Kier alpha value is -1.20. The smallest absolute Gasteiger partial charge is 0.135 e. The van der Waals surface area contributed by atoms with Gasteiger partial charge in [0.25, 0.3) is 0 Å². The predicted molar refractivity (Wildman–Crippen MR) is 72.2 cm³/mol. The number of fused-ring (bicyclic) bond motifs is 1. The van der Waals surface area contributed by atoms with Crippen molar-refractivity contribution >= 4 is 5.82 Å². The lowest BCUT2D eigenvalue weighted by molar-refractivity contribution is 0.109. The predicted octanol–water partition coefficient (Wildman–Crippen LogP) is 1.56. The SMILES string of the molecule is CCNc1nc(CC2CCOC2)nc2c1COCC2. The Bertz CT molecular complexity index is 445. The number of hydrogen-bond acceptors (Lipinski definition) is 5. The van der Waals surface area contributed by atoms with E-state index in [1.165, 1.54) is 0 Å². The van der Waals surface area contributed by atoms with Crippen molar-refractivity contribution in [2.24, 2.45) is 5.92 Å². The van der Waals surface area contributed by atoms with Gasteiger partial charge in [-0.2, -0.15) is 0 Å². The highest BCUT2D eigenvalue weighted by atomic mass is 16.5. The van der Waals surface area contributed by atoms with Gasteiger partial charge in [-0.05, 0) is 19.3 Å². The van der Waals surface area contributed by atoms with E-state index in [1.807, 2.05) is 0 Å². The van der Waals surface area contributed by atoms with E-state index in [2.05, 4.69) is 17.2 Å². The van der Waals surface area contributed by atoms with Crippen LogP contribution in [-0.2, 0) is 28.9 Å². The standard InChI is InChI=1S/C14H21N3O2/c1-2-15-14-11-9-19-6-4-12(11)16-13(17-14)7-10-3-5-18-8-10/h10H,2-9H2,1H3,(H,15,16,17). The Labute approximate surface area is 113 Å². The van der Waals surface area contributed by atoms with Crippen LogP contribution < -0.4 is 5.32 Å². The van der Waals surface area contributed by atoms with Crippen LogP contribution >= 0.6 is 0 Å². The summed E-state index contributed by atoms with van der Waals surface area (Å²) in [7, 11) is 0. The molecule has 1 atom stereocenters. The number of nitrogens with one attached hydrogen (secondary N) is 1. The molecule has 104 valence electrons. The molecule has 1 saturated heterocycles. The molecule has 0 spiro atoms. The van der Waals surface area contributed by atoms with Crippen molar-refractivity contribution in [2.45, 2.75) is 32.8 Å². The topological polar surface area (TPSA) is 56.3 Å². The second kappa shape index (κ2) is 5.84. The van der Waals surface area contributed by atoms with Gasteiger partial charge < -0.3 is 14.8 Å². The third-order valence-electron chi connectivity index (χ3n) is 3.71. The van der Waals surface area contributed by atoms with Crippen molar-refractivity contribution in [1.29, 1.82) is 0 Å². The average molecular weight is 263 g/mol. The molecule has 5 nitrogen and oxygen atoms in total. The third kappa shape index (κ3) is 2.87. The van der Waals surface area contributed by atoms with Crippen molar-refractivity contribution in [1.82, 2.24) is 9.97 Å². The van der Waals surface area contributed by atoms with Crippen LogP contribution in [0.3, 0.4) is 0 Å². The number of hydrogen-bond donors (Lipinski definition) is 1. The second-order valence-corrected chi connectivity index (χ2v) is 5.18. The molecule has 0 aromatic carbocycles. The minimum atomic E-state index is 0.576. The van der Waals surface area contributed by atoms with Gasteiger partial charge in [0.05, 0.1) is 18.9 Å². The lowest BCUT2D eigenvalue weighted by Crippen LogP contribution is -2.19. The van der Waals surface area contributed by atoms with Gasteiger partial charge in [0, 0.05) is 38.2 Å². The average Bonchev–Trinajstić information content (AvgIpc) is 2.92. The molecule has 1 aromatic rings. The lowest BCUT2D eigenvalue weighted by Gasteiger charge is -2.20. The fourth-order valence-electron chi connectivity index (χ4n) is 2.69. The second-order valence-electron chi connectivity index (χ2n) is 5.18. The van der Waals surface area contributed by atoms with E-state index in [0.717, 1.165) is 68.5 Å². The molecule has 5 heteroatoms. The highest BCUT2D eigenvalue weighted by Gasteiger charge is 2.21. The van der Waals surface area contributed by atoms with Crippen molar-refractivity contribution in [3.05, 3.63) is 17.1 Å². The Morgan fingerprint density at radius 2 is 2.21 bits per heavy atom. The summed E-state index contributed by atoms with van der Waals surface area (Å²) in [6.45, 7) is 6.08. The van der Waals surface area contributed by atoms with Crippen molar-refractivity contribution in [3.63, 3.8) is 0 Å². The first-order chi connectivity index (χ1) is 9.36. The van der Waals surface area contributed by atoms with Crippen LogP contribution in [0.25, 0.3) is 0 Å². The van der Waals surface area contributed by atoms with Gasteiger partial charge >= 0.3 is 0 Å². The van der Waals surface area contributed by atoms with E-state index in [-0.39, 0.29) is 0 Å². The minimum Gasteiger partial charge on any atom is -0.381 e. The molecule has 0 amide bonds. The Balaban J connectivity index is 1.85. The van der Waals surface area contributed by atoms with Crippen molar-refractivity contribution in [3.8, 4) is 0 Å². The molecule has 2 aliphatic heterocycles. The van der Waals surface area contributed by atoms with Crippen LogP contribution in [0, 0.1) is 5.92 Å². The van der Waals surface area contributed by atoms with E-state index in [1.54, 1.807) is 0 Å². The summed E-state index contributed by atoms with van der Waals surface area (Å²) in [6, 6.07) is 0. The zero-order chi connectivity index (χ0) is 13.1. The lowest BCUT2D eigenvalue weighted by atomic mass is 10.0. The summed E-state index contributed by atoms with van der Waals surface area (Å²) in [6.07, 6.45) is 2.94. The quantitative estimate of drug-likeness (QED) is 0.893. The van der Waals surface area contributed by atoms with E-state index >= 15 is 0 Å². The van der Waals surface area contributed by atoms with Crippen molar-refractivity contribution in [2.75, 3.05) is 31.7 Å². The Kier molecular flexibility index (Phi) is 3.94. The van der Waals surface area contributed by atoms with Crippen LogP contribution in [0.4, 0.5) is 5.82 Å². The number of nitrogens with zero attached hydrogens (tertiary/aromatic N) is 2. The van der Waals surface area contributed by atoms with Gasteiger partial charge in [0.1, 0.15) is 11.6 Å². The van der Waals surface area contributed by atoms with E-state index in [9.17, 15) is 0 Å². The molecule has 19 heavy (non-hydrogen) atoms. The van der Waals surface area contributed by atoms with Gasteiger partial charge in [-0.15, -0.1) is 0 Å². The normalized spacial score (nSPS) is 22.3. The molecule has 0 radical (unpaired) electrons. The molecular formula is C14H21N3O2. The number of aromatic nitrogens is 2. The molecule has 1 aromatic heterocycles. The van der Waals surface area contributed by atoms with Crippen LogP contribution in [0.15, 0.2) is 0 Å². The number of ether oxygens (including phenoxy) is 2. The molecule has 0 saturated carbocycles. The Morgan fingerprint density at radius 1 is 1.26 bits per heavy atom. The highest BCUT2D eigenvalue weighted by molar-refractivity contribution is 5.47. The van der Waals surface area contributed by atoms with Crippen LogP contribution in [-0.4, -0.2) is 36.3 Å². The highest BCUT2D eigenvalue weighted by Crippen LogP contribution is 2.24. The molecule has 0 bridgehead atoms. The molecular weight excluding hydrogens is 242 g/mol. The maximum atomic E-state index is 5.52. The summed E-state index contributed by atoms with van der Waals surface area (Å²) in [5.41, 5.74) is 2.30. The summed E-state index contributed by atoms with van der Waals surface area (Å²) < 4.78 is 10.9. The van der Waals surface area contributed by atoms with Gasteiger partial charge in [-0.25, -0.2) is 9.97 Å². The first kappa shape index (κ1) is 12.8. The number of rotatable bonds is 4. The first-order valence-corrected chi connectivity index (χ1v) is 7.15. The first-order valence-electron chi connectivity index (χ1n) is 7.15. The maximum Gasteiger partial charge on any atom is 0.135 e. The summed E-state index contributed by atoms with van der Waals surface area (Å²) in [4.78, 5) is 9.41. The fraction of sp³-hybridized carbons (Fsp3) is 0.714. The third-order valence-corrected chi connectivity index (χ3v) is 3.71. The molecule has 1 unspecified atom stereocenters. The molecule has 2 aliphatic rings. The largest absolute Gasteiger partial charge is 0.381 e. The monoisotopic (exact) mass is 263 g/mol. The minimum absolute atomic E-state index is 0.576. The molecule has 0 aliphatic carbocycles. The number of anilines is 1. The molecule has 1 fully saturated rings. The van der Waals surface area contributed by atoms with Crippen molar-refractivity contribution < 1.29 is 9.47 Å². The molecule has 1 N–H and O–H groups in total. The zero-order valence-corrected chi connectivity index (χ0v) is 11.4. The van der Waals surface area contributed by atoms with Crippen LogP contribution in [0.2, 0.25) is 0 Å². The molecule has 3 heterocycles. The summed E-state index contributed by atoms with van der Waals surface area (Å²) >= 11 is 0. The summed E-state index contributed by atoms with van der Waals surface area (Å²) in [5.74, 6) is 2.49. The van der Waals surface area contributed by atoms with Gasteiger partial charge in [-0.1, -0.05) is 0 Å². The maximum absolute atomic E-state index is 5.52. The molecule has 3 rings (SSSR count). The fourth-order valence-corrected chi connectivity index (χ4v) is 2.69. The van der Waals surface area contributed by atoms with E-state index in [0.29, 0.717) is 12.5 Å². The van der Waals surface area contributed by atoms with Gasteiger partial charge in [0.15, 0.2) is 0 Å². The zero-order valence-electron chi connectivity index (χ0n) is 11.4.